The summed E-state index contributed by atoms with van der Waals surface area (Å²) < 4.78 is 0. The number of anilines is 1. The van der Waals surface area contributed by atoms with Gasteiger partial charge in [0, 0.05) is 18.8 Å². The zero-order chi connectivity index (χ0) is 14.4. The highest BCUT2D eigenvalue weighted by Crippen LogP contribution is 2.23. The molecule has 1 fully saturated rings. The van der Waals surface area contributed by atoms with Crippen LogP contribution in [-0.4, -0.2) is 23.5 Å². The predicted octanol–water partition coefficient (Wildman–Crippen LogP) is 3.21. The van der Waals surface area contributed by atoms with Crippen molar-refractivity contribution in [1.29, 1.82) is 0 Å². The van der Waals surface area contributed by atoms with Crippen molar-refractivity contribution in [3.05, 3.63) is 24.0 Å². The summed E-state index contributed by atoms with van der Waals surface area (Å²) in [7, 11) is 0. The second kappa shape index (κ2) is 7.27. The summed E-state index contributed by atoms with van der Waals surface area (Å²) in [5.74, 6) is 0.804. The first-order valence-corrected chi connectivity index (χ1v) is 7.69. The lowest BCUT2D eigenvalue weighted by molar-refractivity contribution is 0.0934. The number of pyridine rings is 1. The molecule has 2 unspecified atom stereocenters. The normalized spacial score (nSPS) is 22.9. The molecule has 2 N–H and O–H groups in total. The molecule has 0 radical (unpaired) electrons. The molecule has 1 amide bonds. The van der Waals surface area contributed by atoms with Gasteiger partial charge < -0.3 is 10.6 Å². The smallest absolute Gasteiger partial charge is 0.253 e. The number of carbonyl (C=O) groups is 1. The van der Waals surface area contributed by atoms with E-state index < -0.39 is 0 Å². The predicted molar refractivity (Wildman–Crippen MR) is 81.9 cm³/mol. The highest BCUT2D eigenvalue weighted by Gasteiger charge is 2.19. The van der Waals surface area contributed by atoms with E-state index >= 15 is 0 Å². The number of carbonyl (C=O) groups excluding carboxylic acids is 1. The number of hydrogen-bond donors (Lipinski definition) is 2. The molecular weight excluding hydrogens is 250 g/mol. The lowest BCUT2D eigenvalue weighted by atomic mass is 10.0. The van der Waals surface area contributed by atoms with Crippen LogP contribution in [0.2, 0.25) is 0 Å². The van der Waals surface area contributed by atoms with Gasteiger partial charge in [-0.15, -0.1) is 0 Å². The van der Waals surface area contributed by atoms with E-state index in [1.165, 1.54) is 19.3 Å². The average Bonchev–Trinajstić information content (AvgIpc) is 2.65. The molecule has 110 valence electrons. The lowest BCUT2D eigenvalue weighted by Crippen LogP contribution is -2.34. The van der Waals surface area contributed by atoms with E-state index in [4.69, 9.17) is 0 Å². The Balaban J connectivity index is 2.00. The van der Waals surface area contributed by atoms with Gasteiger partial charge in [-0.25, -0.2) is 0 Å². The minimum atomic E-state index is 0.0166. The van der Waals surface area contributed by atoms with Gasteiger partial charge in [-0.2, -0.15) is 0 Å². The van der Waals surface area contributed by atoms with Gasteiger partial charge in [0.1, 0.15) is 0 Å². The minimum Gasteiger partial charge on any atom is -0.383 e. The molecule has 1 aromatic rings. The Morgan fingerprint density at radius 3 is 3.00 bits per heavy atom. The maximum atomic E-state index is 12.4. The third kappa shape index (κ3) is 3.95. The molecule has 1 heterocycles. The molecule has 1 aliphatic carbocycles. The molecule has 0 spiro atoms. The van der Waals surface area contributed by atoms with E-state index in [0.717, 1.165) is 31.0 Å². The molecule has 0 aromatic carbocycles. The molecule has 2 rings (SSSR count). The topological polar surface area (TPSA) is 54.0 Å². The average molecular weight is 275 g/mol. The van der Waals surface area contributed by atoms with Gasteiger partial charge in [-0.3, -0.25) is 9.78 Å². The number of rotatable bonds is 4. The van der Waals surface area contributed by atoms with E-state index in [-0.39, 0.29) is 5.91 Å². The zero-order valence-electron chi connectivity index (χ0n) is 12.5. The SMILES string of the molecule is CCNc1cnccc1C(=O)NC1CCCC(C)CC1. The Hall–Kier alpha value is -1.58. The van der Waals surface area contributed by atoms with Crippen molar-refractivity contribution in [3.8, 4) is 0 Å². The maximum Gasteiger partial charge on any atom is 0.253 e. The van der Waals surface area contributed by atoms with Crippen LogP contribution < -0.4 is 10.6 Å². The molecule has 2 atom stereocenters. The second-order valence-corrected chi connectivity index (χ2v) is 5.74. The number of hydrogen-bond acceptors (Lipinski definition) is 3. The first-order chi connectivity index (χ1) is 9.70. The van der Waals surface area contributed by atoms with Crippen molar-refractivity contribution in [2.24, 2.45) is 5.92 Å². The summed E-state index contributed by atoms with van der Waals surface area (Å²) in [6.45, 7) is 5.10. The fourth-order valence-corrected chi connectivity index (χ4v) is 2.82. The largest absolute Gasteiger partial charge is 0.383 e. The van der Waals surface area contributed by atoms with Crippen LogP contribution >= 0.6 is 0 Å². The standard InChI is InChI=1S/C16H25N3O/c1-3-18-15-11-17-10-9-14(15)16(20)19-13-6-4-5-12(2)7-8-13/h9-13,18H,3-8H2,1-2H3,(H,19,20). The Morgan fingerprint density at radius 2 is 2.20 bits per heavy atom. The van der Waals surface area contributed by atoms with E-state index in [2.05, 4.69) is 22.5 Å². The van der Waals surface area contributed by atoms with Crippen LogP contribution in [0.3, 0.4) is 0 Å². The van der Waals surface area contributed by atoms with Crippen LogP contribution in [0.25, 0.3) is 0 Å². The zero-order valence-corrected chi connectivity index (χ0v) is 12.5. The maximum absolute atomic E-state index is 12.4. The Labute approximate surface area is 121 Å². The van der Waals surface area contributed by atoms with E-state index in [1.54, 1.807) is 18.5 Å². The monoisotopic (exact) mass is 275 g/mol. The van der Waals surface area contributed by atoms with Crippen molar-refractivity contribution in [1.82, 2.24) is 10.3 Å². The fourth-order valence-electron chi connectivity index (χ4n) is 2.82. The van der Waals surface area contributed by atoms with Crippen LogP contribution in [0.5, 0.6) is 0 Å². The van der Waals surface area contributed by atoms with E-state index in [9.17, 15) is 4.79 Å². The van der Waals surface area contributed by atoms with Gasteiger partial charge >= 0.3 is 0 Å². The highest BCUT2D eigenvalue weighted by molar-refractivity contribution is 5.99. The van der Waals surface area contributed by atoms with Crippen molar-refractivity contribution < 1.29 is 4.79 Å². The van der Waals surface area contributed by atoms with Crippen molar-refractivity contribution >= 4 is 11.6 Å². The van der Waals surface area contributed by atoms with E-state index in [1.807, 2.05) is 6.92 Å². The van der Waals surface area contributed by atoms with Gasteiger partial charge in [0.05, 0.1) is 17.4 Å². The summed E-state index contributed by atoms with van der Waals surface area (Å²) in [5.41, 5.74) is 1.51. The van der Waals surface area contributed by atoms with Gasteiger partial charge in [-0.1, -0.05) is 19.8 Å². The summed E-state index contributed by atoms with van der Waals surface area (Å²) >= 11 is 0. The molecule has 0 bridgehead atoms. The van der Waals surface area contributed by atoms with Gasteiger partial charge in [-0.05, 0) is 38.2 Å². The third-order valence-corrected chi connectivity index (χ3v) is 4.03. The van der Waals surface area contributed by atoms with Gasteiger partial charge in [0.15, 0.2) is 0 Å². The molecule has 4 heteroatoms. The first kappa shape index (κ1) is 14.8. The molecule has 0 aliphatic heterocycles. The summed E-state index contributed by atoms with van der Waals surface area (Å²) in [6.07, 6.45) is 9.28. The summed E-state index contributed by atoms with van der Waals surface area (Å²) in [5, 5.41) is 6.38. The van der Waals surface area contributed by atoms with Crippen LogP contribution in [0.4, 0.5) is 5.69 Å². The first-order valence-electron chi connectivity index (χ1n) is 7.69. The number of aromatic nitrogens is 1. The van der Waals surface area contributed by atoms with Crippen LogP contribution in [0, 0.1) is 5.92 Å². The Kier molecular flexibility index (Phi) is 5.39. The summed E-state index contributed by atoms with van der Waals surface area (Å²) in [6, 6.07) is 2.10. The third-order valence-electron chi connectivity index (χ3n) is 4.03. The molecular formula is C16H25N3O. The number of nitrogens with zero attached hydrogens (tertiary/aromatic N) is 1. The summed E-state index contributed by atoms with van der Waals surface area (Å²) in [4.78, 5) is 16.5. The van der Waals surface area contributed by atoms with Gasteiger partial charge in [0.2, 0.25) is 0 Å². The fraction of sp³-hybridized carbons (Fsp3) is 0.625. The van der Waals surface area contributed by atoms with Crippen LogP contribution in [-0.2, 0) is 0 Å². The number of nitrogens with one attached hydrogen (secondary N) is 2. The second-order valence-electron chi connectivity index (χ2n) is 5.74. The molecule has 0 saturated heterocycles. The molecule has 1 aromatic heterocycles. The van der Waals surface area contributed by atoms with Gasteiger partial charge in [0.25, 0.3) is 5.91 Å². The van der Waals surface area contributed by atoms with Crippen molar-refractivity contribution in [3.63, 3.8) is 0 Å². The van der Waals surface area contributed by atoms with E-state index in [0.29, 0.717) is 11.6 Å². The Morgan fingerprint density at radius 1 is 1.35 bits per heavy atom. The molecule has 1 aliphatic rings. The van der Waals surface area contributed by atoms with Crippen LogP contribution in [0.1, 0.15) is 56.3 Å². The quantitative estimate of drug-likeness (QED) is 0.830. The number of amides is 1. The highest BCUT2D eigenvalue weighted by atomic mass is 16.1. The minimum absolute atomic E-state index is 0.0166. The Bertz CT molecular complexity index is 447. The molecule has 1 saturated carbocycles. The molecule has 4 nitrogen and oxygen atoms in total. The van der Waals surface area contributed by atoms with Crippen molar-refractivity contribution in [2.75, 3.05) is 11.9 Å². The van der Waals surface area contributed by atoms with Crippen molar-refractivity contribution in [2.45, 2.75) is 52.0 Å². The lowest BCUT2D eigenvalue weighted by Gasteiger charge is -2.18. The van der Waals surface area contributed by atoms with Crippen LogP contribution in [0.15, 0.2) is 18.5 Å². The molecule has 20 heavy (non-hydrogen) atoms.